The smallest absolute Gasteiger partial charge is 0.315 e. The van der Waals surface area contributed by atoms with Crippen molar-refractivity contribution in [1.29, 1.82) is 0 Å². The van der Waals surface area contributed by atoms with E-state index in [4.69, 9.17) is 0 Å². The summed E-state index contributed by atoms with van der Waals surface area (Å²) in [4.78, 5) is 12.7. The lowest BCUT2D eigenvalue weighted by molar-refractivity contribution is 0.170. The van der Waals surface area contributed by atoms with Gasteiger partial charge >= 0.3 is 6.03 Å². The van der Waals surface area contributed by atoms with Crippen molar-refractivity contribution in [3.63, 3.8) is 0 Å². The van der Waals surface area contributed by atoms with E-state index in [-0.39, 0.29) is 12.6 Å². The number of thiophene rings is 1. The van der Waals surface area contributed by atoms with Gasteiger partial charge in [0.2, 0.25) is 0 Å². The highest BCUT2D eigenvalue weighted by molar-refractivity contribution is 7.09. The van der Waals surface area contributed by atoms with Crippen LogP contribution in [-0.2, 0) is 13.0 Å². The van der Waals surface area contributed by atoms with Crippen molar-refractivity contribution >= 4 is 17.4 Å². The third-order valence-corrected chi connectivity index (χ3v) is 3.69. The van der Waals surface area contributed by atoms with Gasteiger partial charge in [-0.2, -0.15) is 0 Å². The van der Waals surface area contributed by atoms with E-state index in [9.17, 15) is 9.90 Å². The molecule has 1 aromatic heterocycles. The lowest BCUT2D eigenvalue weighted by Crippen LogP contribution is -2.39. The third kappa shape index (κ3) is 5.03. The third-order valence-electron chi connectivity index (χ3n) is 2.82. The number of benzene rings is 1. The molecule has 2 aromatic rings. The number of amides is 2. The van der Waals surface area contributed by atoms with Crippen molar-refractivity contribution < 1.29 is 9.90 Å². The lowest BCUT2D eigenvalue weighted by Gasteiger charge is -2.12. The van der Waals surface area contributed by atoms with Crippen LogP contribution in [0.3, 0.4) is 0 Å². The number of urea groups is 1. The van der Waals surface area contributed by atoms with E-state index in [0.717, 1.165) is 10.4 Å². The number of rotatable bonds is 6. The average molecular weight is 290 g/mol. The van der Waals surface area contributed by atoms with E-state index in [1.165, 1.54) is 0 Å². The minimum atomic E-state index is -0.579. The molecule has 0 aliphatic carbocycles. The zero-order chi connectivity index (χ0) is 14.2. The van der Waals surface area contributed by atoms with Crippen LogP contribution in [0.1, 0.15) is 10.4 Å². The molecule has 20 heavy (non-hydrogen) atoms. The van der Waals surface area contributed by atoms with Crippen LogP contribution in [0.25, 0.3) is 0 Å². The number of aliphatic hydroxyl groups is 1. The first-order valence-corrected chi connectivity index (χ1v) is 7.38. The maximum Gasteiger partial charge on any atom is 0.315 e. The van der Waals surface area contributed by atoms with Crippen LogP contribution >= 0.6 is 11.3 Å². The molecule has 0 bridgehead atoms. The van der Waals surface area contributed by atoms with E-state index < -0.39 is 6.10 Å². The van der Waals surface area contributed by atoms with Crippen molar-refractivity contribution in [2.45, 2.75) is 19.1 Å². The molecular weight excluding hydrogens is 272 g/mol. The topological polar surface area (TPSA) is 61.4 Å². The van der Waals surface area contributed by atoms with Gasteiger partial charge in [0.25, 0.3) is 0 Å². The molecule has 5 heteroatoms. The number of hydrogen-bond donors (Lipinski definition) is 3. The second-order valence-electron chi connectivity index (χ2n) is 4.49. The summed E-state index contributed by atoms with van der Waals surface area (Å²) in [7, 11) is 0. The van der Waals surface area contributed by atoms with Crippen molar-refractivity contribution in [1.82, 2.24) is 10.6 Å². The lowest BCUT2D eigenvalue weighted by atomic mass is 10.1. The van der Waals surface area contributed by atoms with Gasteiger partial charge in [0.1, 0.15) is 0 Å². The van der Waals surface area contributed by atoms with Gasteiger partial charge < -0.3 is 15.7 Å². The van der Waals surface area contributed by atoms with Gasteiger partial charge in [0, 0.05) is 17.8 Å². The molecule has 1 unspecified atom stereocenters. The fourth-order valence-corrected chi connectivity index (χ4v) is 2.46. The molecule has 0 spiro atoms. The van der Waals surface area contributed by atoms with Crippen LogP contribution in [0.2, 0.25) is 0 Å². The van der Waals surface area contributed by atoms with E-state index in [2.05, 4.69) is 10.6 Å². The molecule has 1 heterocycles. The molecule has 2 amide bonds. The summed E-state index contributed by atoms with van der Waals surface area (Å²) in [5, 5.41) is 17.3. The average Bonchev–Trinajstić information content (AvgIpc) is 2.97. The maximum absolute atomic E-state index is 11.6. The van der Waals surface area contributed by atoms with Gasteiger partial charge in [0.15, 0.2) is 0 Å². The molecule has 0 aliphatic heterocycles. The quantitative estimate of drug-likeness (QED) is 0.763. The highest BCUT2D eigenvalue weighted by Gasteiger charge is 2.07. The SMILES string of the molecule is O=C(NCc1cccs1)NCC(O)Cc1ccccc1. The number of carbonyl (C=O) groups excluding carboxylic acids is 1. The highest BCUT2D eigenvalue weighted by atomic mass is 32.1. The van der Waals surface area contributed by atoms with Gasteiger partial charge in [0.05, 0.1) is 12.6 Å². The van der Waals surface area contributed by atoms with E-state index >= 15 is 0 Å². The molecule has 1 aromatic carbocycles. The molecule has 0 saturated carbocycles. The van der Waals surface area contributed by atoms with Crippen molar-refractivity contribution in [2.24, 2.45) is 0 Å². The molecular formula is C15H18N2O2S. The zero-order valence-corrected chi connectivity index (χ0v) is 11.9. The van der Waals surface area contributed by atoms with E-state index in [1.54, 1.807) is 11.3 Å². The number of nitrogens with one attached hydrogen (secondary N) is 2. The Morgan fingerprint density at radius 2 is 1.95 bits per heavy atom. The van der Waals surface area contributed by atoms with Crippen molar-refractivity contribution in [2.75, 3.05) is 6.54 Å². The summed E-state index contributed by atoms with van der Waals surface area (Å²) in [6.45, 7) is 0.753. The standard InChI is InChI=1S/C15H18N2O2S/c18-13(9-12-5-2-1-3-6-12)10-16-15(19)17-11-14-7-4-8-20-14/h1-8,13,18H,9-11H2,(H2,16,17,19). The second kappa shape index (κ2) is 7.67. The van der Waals surface area contributed by atoms with E-state index in [0.29, 0.717) is 13.0 Å². The molecule has 0 radical (unpaired) electrons. The highest BCUT2D eigenvalue weighted by Crippen LogP contribution is 2.07. The van der Waals surface area contributed by atoms with Crippen molar-refractivity contribution in [3.8, 4) is 0 Å². The summed E-state index contributed by atoms with van der Waals surface area (Å²) >= 11 is 1.60. The minimum absolute atomic E-state index is 0.241. The molecule has 1 atom stereocenters. The zero-order valence-electron chi connectivity index (χ0n) is 11.1. The summed E-state index contributed by atoms with van der Waals surface area (Å²) in [6.07, 6.45) is -0.0450. The Balaban J connectivity index is 1.65. The Morgan fingerprint density at radius 3 is 2.65 bits per heavy atom. The van der Waals surface area contributed by atoms with Crippen molar-refractivity contribution in [3.05, 3.63) is 58.3 Å². The second-order valence-corrected chi connectivity index (χ2v) is 5.52. The number of carbonyl (C=O) groups is 1. The van der Waals surface area contributed by atoms with Crippen LogP contribution in [0.4, 0.5) is 4.79 Å². The van der Waals surface area contributed by atoms with Crippen LogP contribution in [-0.4, -0.2) is 23.8 Å². The molecule has 0 fully saturated rings. The van der Waals surface area contributed by atoms with Crippen LogP contribution in [0.5, 0.6) is 0 Å². The number of aliphatic hydroxyl groups excluding tert-OH is 1. The molecule has 3 N–H and O–H groups in total. The molecule has 0 aliphatic rings. The van der Waals surface area contributed by atoms with Gasteiger partial charge in [-0.1, -0.05) is 36.4 Å². The maximum atomic E-state index is 11.6. The molecule has 2 rings (SSSR count). The molecule has 0 saturated heterocycles. The fourth-order valence-electron chi connectivity index (χ4n) is 1.81. The molecule has 4 nitrogen and oxygen atoms in total. The summed E-state index contributed by atoms with van der Waals surface area (Å²) < 4.78 is 0. The fraction of sp³-hybridized carbons (Fsp3) is 0.267. The molecule has 106 valence electrons. The Hall–Kier alpha value is -1.85. The Labute approximate surface area is 122 Å². The monoisotopic (exact) mass is 290 g/mol. The van der Waals surface area contributed by atoms with Gasteiger partial charge in [-0.3, -0.25) is 0 Å². The van der Waals surface area contributed by atoms with Gasteiger partial charge in [-0.05, 0) is 17.0 Å². The van der Waals surface area contributed by atoms with Gasteiger partial charge in [-0.15, -0.1) is 11.3 Å². The summed E-state index contributed by atoms with van der Waals surface area (Å²) in [6, 6.07) is 13.4. The minimum Gasteiger partial charge on any atom is -0.391 e. The van der Waals surface area contributed by atoms with Crippen LogP contribution < -0.4 is 10.6 Å². The normalized spacial score (nSPS) is 11.8. The first kappa shape index (κ1) is 14.6. The summed E-state index contributed by atoms with van der Waals surface area (Å²) in [5.74, 6) is 0. The Bertz CT molecular complexity index is 514. The Morgan fingerprint density at radius 1 is 1.15 bits per heavy atom. The predicted molar refractivity (Wildman–Crippen MR) is 80.7 cm³/mol. The number of hydrogen-bond acceptors (Lipinski definition) is 3. The largest absolute Gasteiger partial charge is 0.391 e. The van der Waals surface area contributed by atoms with Crippen LogP contribution in [0.15, 0.2) is 47.8 Å². The van der Waals surface area contributed by atoms with E-state index in [1.807, 2.05) is 47.8 Å². The first-order valence-electron chi connectivity index (χ1n) is 6.50. The predicted octanol–water partition coefficient (Wildman–Crippen LogP) is 2.15. The summed E-state index contributed by atoms with van der Waals surface area (Å²) in [5.41, 5.74) is 1.06. The Kier molecular flexibility index (Phi) is 5.58. The van der Waals surface area contributed by atoms with Crippen LogP contribution in [0, 0.1) is 0 Å². The first-order chi connectivity index (χ1) is 9.74. The van der Waals surface area contributed by atoms with Gasteiger partial charge in [-0.25, -0.2) is 4.79 Å².